The Hall–Kier alpha value is -9.20. The standard InChI is InChI=1S/C69H56N4O3/c1-7-70-63-33-17-43(3)37-55(63)57-39-47(25-35-65(57)70)72(45-19-27-51(74-5)28-20-45)49-23-31-53-54-32-24-50(42-62(54)69(61(53)41-49)59-13-9-11-15-67(59)76-68-16-12-10-14-60(68)69)73(46-21-29-52(75-6)30-22-46)48-26-36-66-58(40-48)56-38-44(4)18-34-64(56)71(66)8-2/h9-42H,7-8H2,1-6H3. The van der Waals surface area contributed by atoms with Crippen molar-refractivity contribution in [1.82, 2.24) is 9.13 Å². The van der Waals surface area contributed by atoms with E-state index in [1.54, 1.807) is 14.2 Å². The van der Waals surface area contributed by atoms with E-state index in [9.17, 15) is 0 Å². The lowest BCUT2D eigenvalue weighted by molar-refractivity contribution is 0.414. The van der Waals surface area contributed by atoms with E-state index in [4.69, 9.17) is 14.2 Å². The van der Waals surface area contributed by atoms with Crippen molar-refractivity contribution in [1.29, 1.82) is 0 Å². The van der Waals surface area contributed by atoms with E-state index < -0.39 is 5.41 Å². The summed E-state index contributed by atoms with van der Waals surface area (Å²) in [5, 5.41) is 4.98. The van der Waals surface area contributed by atoms with Crippen LogP contribution in [0.25, 0.3) is 54.7 Å². The number of benzene rings is 10. The second kappa shape index (κ2) is 17.5. The van der Waals surface area contributed by atoms with Crippen molar-refractivity contribution in [2.75, 3.05) is 24.0 Å². The van der Waals surface area contributed by atoms with Gasteiger partial charge in [-0.2, -0.15) is 0 Å². The number of hydrogen-bond donors (Lipinski definition) is 0. The minimum absolute atomic E-state index is 0.772. The van der Waals surface area contributed by atoms with Crippen LogP contribution in [0.2, 0.25) is 0 Å². The number of aromatic nitrogens is 2. The van der Waals surface area contributed by atoms with Gasteiger partial charge in [-0.3, -0.25) is 0 Å². The molecule has 76 heavy (non-hydrogen) atoms. The minimum atomic E-state index is -0.772. The maximum Gasteiger partial charge on any atom is 0.132 e. The normalized spacial score (nSPS) is 12.9. The third kappa shape index (κ3) is 6.67. The van der Waals surface area contributed by atoms with Crippen LogP contribution < -0.4 is 24.0 Å². The number of rotatable bonds is 10. The van der Waals surface area contributed by atoms with Crippen LogP contribution in [-0.4, -0.2) is 23.4 Å². The molecule has 0 saturated carbocycles. The van der Waals surface area contributed by atoms with E-state index in [0.717, 1.165) is 81.3 Å². The van der Waals surface area contributed by atoms with Crippen LogP contribution >= 0.6 is 0 Å². The summed E-state index contributed by atoms with van der Waals surface area (Å²) in [5.41, 5.74) is 19.9. The van der Waals surface area contributed by atoms with Gasteiger partial charge in [-0.1, -0.05) is 71.8 Å². The number of methoxy groups -OCH3 is 2. The number of aryl methyl sites for hydroxylation is 4. The first-order chi connectivity index (χ1) is 37.3. The molecule has 12 aromatic rings. The Kier molecular flexibility index (Phi) is 10.4. The number of ether oxygens (including phenoxy) is 3. The van der Waals surface area contributed by atoms with Gasteiger partial charge in [0, 0.05) is 102 Å². The van der Waals surface area contributed by atoms with Gasteiger partial charge < -0.3 is 33.1 Å². The highest BCUT2D eigenvalue weighted by molar-refractivity contribution is 6.11. The smallest absolute Gasteiger partial charge is 0.132 e. The largest absolute Gasteiger partial charge is 0.497 e. The van der Waals surface area contributed by atoms with Crippen LogP contribution in [0.15, 0.2) is 206 Å². The summed E-state index contributed by atoms with van der Waals surface area (Å²) in [6, 6.07) is 75.9. The first-order valence-electron chi connectivity index (χ1n) is 26.4. The van der Waals surface area contributed by atoms with Gasteiger partial charge in [0.15, 0.2) is 0 Å². The van der Waals surface area contributed by atoms with E-state index in [1.165, 1.54) is 77.0 Å². The van der Waals surface area contributed by atoms with Gasteiger partial charge in [-0.15, -0.1) is 0 Å². The molecule has 1 aliphatic carbocycles. The second-order valence-electron chi connectivity index (χ2n) is 20.3. The molecule has 0 fully saturated rings. The first kappa shape index (κ1) is 45.4. The molecule has 1 aliphatic heterocycles. The van der Waals surface area contributed by atoms with Gasteiger partial charge in [0.1, 0.15) is 23.0 Å². The van der Waals surface area contributed by atoms with Gasteiger partial charge in [0.2, 0.25) is 0 Å². The quantitative estimate of drug-likeness (QED) is 0.137. The number of anilines is 6. The molecule has 0 atom stereocenters. The summed E-state index contributed by atoms with van der Waals surface area (Å²) in [6.45, 7) is 10.6. The molecule has 1 spiro atoms. The van der Waals surface area contributed by atoms with Crippen molar-refractivity contribution in [2.45, 2.75) is 46.2 Å². The molecule has 2 aliphatic rings. The van der Waals surface area contributed by atoms with Crippen LogP contribution in [0.4, 0.5) is 34.1 Å². The predicted molar refractivity (Wildman–Crippen MR) is 313 cm³/mol. The van der Waals surface area contributed by atoms with Gasteiger partial charge in [0.25, 0.3) is 0 Å². The summed E-state index contributed by atoms with van der Waals surface area (Å²) < 4.78 is 23.2. The zero-order valence-corrected chi connectivity index (χ0v) is 43.6. The molecule has 3 heterocycles. The highest BCUT2D eigenvalue weighted by Gasteiger charge is 2.51. The topological polar surface area (TPSA) is 44.0 Å². The van der Waals surface area contributed by atoms with Crippen molar-refractivity contribution >= 4 is 77.7 Å². The number of fused-ring (bicyclic) bond motifs is 15. The van der Waals surface area contributed by atoms with Crippen molar-refractivity contribution in [3.8, 4) is 34.1 Å². The van der Waals surface area contributed by atoms with Gasteiger partial charge in [0.05, 0.1) is 19.6 Å². The maximum absolute atomic E-state index is 6.91. The lowest BCUT2D eigenvalue weighted by Gasteiger charge is -2.40. The fourth-order valence-electron chi connectivity index (χ4n) is 12.9. The van der Waals surface area contributed by atoms with Crippen LogP contribution in [0.3, 0.4) is 0 Å². The van der Waals surface area contributed by atoms with Crippen molar-refractivity contribution in [3.63, 3.8) is 0 Å². The average molecular weight is 989 g/mol. The Balaban J connectivity index is 1.02. The minimum Gasteiger partial charge on any atom is -0.497 e. The number of nitrogens with zero attached hydrogens (tertiary/aromatic N) is 4. The zero-order valence-electron chi connectivity index (χ0n) is 43.6. The zero-order chi connectivity index (χ0) is 51.4. The molecule has 10 aromatic carbocycles. The summed E-state index contributed by atoms with van der Waals surface area (Å²) in [5.74, 6) is 3.30. The van der Waals surface area contributed by atoms with Crippen molar-refractivity contribution in [3.05, 3.63) is 240 Å². The average Bonchev–Trinajstić information content (AvgIpc) is 4.24. The molecule has 7 nitrogen and oxygen atoms in total. The number of hydrogen-bond acceptors (Lipinski definition) is 5. The highest BCUT2D eigenvalue weighted by Crippen LogP contribution is 2.63. The summed E-state index contributed by atoms with van der Waals surface area (Å²) in [6.07, 6.45) is 0. The van der Waals surface area contributed by atoms with E-state index in [1.807, 2.05) is 0 Å². The Morgan fingerprint density at radius 2 is 0.737 bits per heavy atom. The fraction of sp³-hybridized carbons (Fsp3) is 0.130. The lowest BCUT2D eigenvalue weighted by atomic mass is 9.66. The van der Waals surface area contributed by atoms with E-state index in [-0.39, 0.29) is 0 Å². The van der Waals surface area contributed by atoms with Crippen molar-refractivity contribution in [2.24, 2.45) is 0 Å². The molecule has 0 N–H and O–H groups in total. The van der Waals surface area contributed by atoms with Crippen LogP contribution in [0.1, 0.15) is 47.2 Å². The Labute approximate surface area is 443 Å². The SMILES string of the molecule is CCn1c2ccc(C)cc2c2cc(N(c3ccc(OC)cc3)c3ccc4c(c3)C3(c5ccccc5Oc5ccccc53)c3cc(N(c5ccc(OC)cc5)c5ccc6c(c5)c5cc(C)ccc5n6CC)ccc3-4)ccc21. The van der Waals surface area contributed by atoms with Crippen molar-refractivity contribution < 1.29 is 14.2 Å². The fourth-order valence-corrected chi connectivity index (χ4v) is 12.9. The van der Waals surface area contributed by atoms with Crippen LogP contribution in [0, 0.1) is 13.8 Å². The predicted octanol–water partition coefficient (Wildman–Crippen LogP) is 18.0. The van der Waals surface area contributed by atoms with Gasteiger partial charge in [-0.05, 0) is 196 Å². The Bertz CT molecular complexity index is 4020. The molecule has 0 bridgehead atoms. The number of para-hydroxylation sites is 2. The lowest BCUT2D eigenvalue weighted by Crippen LogP contribution is -2.32. The van der Waals surface area contributed by atoms with Crippen LogP contribution in [-0.2, 0) is 18.5 Å². The summed E-state index contributed by atoms with van der Waals surface area (Å²) in [4.78, 5) is 4.81. The molecule has 0 amide bonds. The van der Waals surface area contributed by atoms with Gasteiger partial charge in [-0.25, -0.2) is 0 Å². The summed E-state index contributed by atoms with van der Waals surface area (Å²) in [7, 11) is 3.45. The maximum atomic E-state index is 6.91. The molecular formula is C69H56N4O3. The summed E-state index contributed by atoms with van der Waals surface area (Å²) >= 11 is 0. The Morgan fingerprint density at radius 3 is 1.14 bits per heavy atom. The molecule has 7 heteroatoms. The van der Waals surface area contributed by atoms with E-state index in [2.05, 4.69) is 253 Å². The van der Waals surface area contributed by atoms with Gasteiger partial charge >= 0.3 is 0 Å². The molecule has 0 saturated heterocycles. The molecule has 370 valence electrons. The molecule has 0 radical (unpaired) electrons. The third-order valence-corrected chi connectivity index (χ3v) is 16.2. The molecular weight excluding hydrogens is 933 g/mol. The molecule has 2 aromatic heterocycles. The third-order valence-electron chi connectivity index (χ3n) is 16.2. The highest BCUT2D eigenvalue weighted by atomic mass is 16.5. The van der Waals surface area contributed by atoms with E-state index in [0.29, 0.717) is 0 Å². The second-order valence-corrected chi connectivity index (χ2v) is 20.3. The molecule has 0 unspecified atom stereocenters. The first-order valence-corrected chi connectivity index (χ1v) is 26.4. The Morgan fingerprint density at radius 1 is 0.382 bits per heavy atom. The molecule has 14 rings (SSSR count). The monoisotopic (exact) mass is 988 g/mol. The van der Waals surface area contributed by atoms with E-state index >= 15 is 0 Å². The van der Waals surface area contributed by atoms with Crippen LogP contribution in [0.5, 0.6) is 23.0 Å².